The fourth-order valence-corrected chi connectivity index (χ4v) is 3.10. The molecule has 1 unspecified atom stereocenters. The first kappa shape index (κ1) is 13.5. The largest absolute Gasteiger partial charge is 0.331 e. The van der Waals surface area contributed by atoms with Crippen LogP contribution in [0.4, 0.5) is 4.39 Å². The third-order valence-electron chi connectivity index (χ3n) is 3.43. The topological polar surface area (TPSA) is 20.7 Å². The average molecular weight is 351 g/mol. The Labute approximate surface area is 129 Å². The van der Waals surface area contributed by atoms with Crippen LogP contribution in [0.25, 0.3) is 11.0 Å². The molecule has 0 aliphatic carbocycles. The Morgan fingerprint density at radius 1 is 1.25 bits per heavy atom. The Morgan fingerprint density at radius 2 is 1.95 bits per heavy atom. The highest BCUT2D eigenvalue weighted by molar-refractivity contribution is 9.10. The molecule has 20 heavy (non-hydrogen) atoms. The molecule has 2 aromatic carbocycles. The van der Waals surface area contributed by atoms with E-state index in [0.717, 1.165) is 16.6 Å². The highest BCUT2D eigenvalue weighted by atomic mass is 79.9. The highest BCUT2D eigenvalue weighted by Gasteiger charge is 2.14. The maximum atomic E-state index is 13.8. The lowest BCUT2D eigenvalue weighted by atomic mass is 10.1. The van der Waals surface area contributed by atoms with Gasteiger partial charge in [0, 0.05) is 6.07 Å². The minimum atomic E-state index is -0.291. The number of hydrogen-bond donors (Lipinski definition) is 1. The number of fused-ring (bicyclic) bond motifs is 1. The molecule has 0 saturated carbocycles. The van der Waals surface area contributed by atoms with E-state index in [2.05, 4.69) is 27.8 Å². The van der Waals surface area contributed by atoms with Crippen LogP contribution in [0.1, 0.15) is 18.5 Å². The number of H-pyrrole nitrogens is 1. The van der Waals surface area contributed by atoms with Gasteiger partial charge >= 0.3 is 0 Å². The first-order valence-electron chi connectivity index (χ1n) is 6.22. The highest BCUT2D eigenvalue weighted by Crippen LogP contribution is 2.27. The van der Waals surface area contributed by atoms with Gasteiger partial charge < -0.3 is 9.55 Å². The van der Waals surface area contributed by atoms with Crippen LogP contribution in [0.5, 0.6) is 0 Å². The fourth-order valence-electron chi connectivity index (χ4n) is 2.39. The molecule has 0 aliphatic heterocycles. The molecular weight excluding hydrogens is 339 g/mol. The van der Waals surface area contributed by atoms with E-state index < -0.39 is 0 Å². The maximum absolute atomic E-state index is 13.8. The van der Waals surface area contributed by atoms with Crippen molar-refractivity contribution < 1.29 is 4.39 Å². The van der Waals surface area contributed by atoms with Crippen LogP contribution in [-0.4, -0.2) is 9.55 Å². The second kappa shape index (κ2) is 5.14. The van der Waals surface area contributed by atoms with Crippen molar-refractivity contribution in [3.05, 3.63) is 63.1 Å². The van der Waals surface area contributed by atoms with Crippen molar-refractivity contribution in [1.82, 2.24) is 9.55 Å². The number of aromatic nitrogens is 2. The van der Waals surface area contributed by atoms with Crippen molar-refractivity contribution in [2.75, 3.05) is 0 Å². The number of nitrogens with one attached hydrogen (secondary N) is 1. The van der Waals surface area contributed by atoms with Crippen LogP contribution in [-0.2, 0) is 0 Å². The van der Waals surface area contributed by atoms with Gasteiger partial charge in [-0.2, -0.15) is 0 Å². The predicted octanol–water partition coefficient (Wildman–Crippen LogP) is 5.21. The molecule has 3 rings (SSSR count). The third kappa shape index (κ3) is 2.21. The molecule has 5 heteroatoms. The predicted molar refractivity (Wildman–Crippen MR) is 85.0 cm³/mol. The van der Waals surface area contributed by atoms with Crippen molar-refractivity contribution in [3.8, 4) is 0 Å². The van der Waals surface area contributed by atoms with Crippen LogP contribution in [0.15, 0.2) is 46.9 Å². The van der Waals surface area contributed by atoms with E-state index in [1.54, 1.807) is 6.07 Å². The minimum absolute atomic E-state index is 0.0398. The van der Waals surface area contributed by atoms with Gasteiger partial charge in [0.25, 0.3) is 0 Å². The molecule has 3 aromatic rings. The zero-order chi connectivity index (χ0) is 14.3. The van der Waals surface area contributed by atoms with Crippen molar-refractivity contribution >= 4 is 39.2 Å². The number of benzene rings is 2. The van der Waals surface area contributed by atoms with E-state index in [9.17, 15) is 4.39 Å². The second-order valence-corrected chi connectivity index (χ2v) is 5.91. The van der Waals surface area contributed by atoms with E-state index in [4.69, 9.17) is 12.2 Å². The van der Waals surface area contributed by atoms with E-state index in [1.807, 2.05) is 34.9 Å². The van der Waals surface area contributed by atoms with Gasteiger partial charge in [-0.25, -0.2) is 4.39 Å². The summed E-state index contributed by atoms with van der Waals surface area (Å²) in [7, 11) is 0. The number of imidazole rings is 1. The Balaban J connectivity index is 2.24. The van der Waals surface area contributed by atoms with Crippen molar-refractivity contribution in [2.24, 2.45) is 0 Å². The SMILES string of the molecule is CC(c1ccccc1)n1c(=S)[nH]c2cc(Br)c(F)cc21. The van der Waals surface area contributed by atoms with E-state index >= 15 is 0 Å². The summed E-state index contributed by atoms with van der Waals surface area (Å²) >= 11 is 8.58. The van der Waals surface area contributed by atoms with Gasteiger partial charge in [-0.15, -0.1) is 0 Å². The lowest BCUT2D eigenvalue weighted by molar-refractivity contribution is 0.617. The molecule has 0 fully saturated rings. The van der Waals surface area contributed by atoms with E-state index in [0.29, 0.717) is 9.24 Å². The zero-order valence-electron chi connectivity index (χ0n) is 10.7. The summed E-state index contributed by atoms with van der Waals surface area (Å²) in [5.41, 5.74) is 2.73. The van der Waals surface area contributed by atoms with E-state index in [1.165, 1.54) is 6.07 Å². The van der Waals surface area contributed by atoms with Gasteiger partial charge in [-0.05, 0) is 46.7 Å². The summed E-state index contributed by atoms with van der Waals surface area (Å²) in [6, 6.07) is 13.3. The molecule has 0 radical (unpaired) electrons. The van der Waals surface area contributed by atoms with Gasteiger partial charge in [-0.1, -0.05) is 30.3 Å². The maximum Gasteiger partial charge on any atom is 0.178 e. The monoisotopic (exact) mass is 350 g/mol. The van der Waals surface area contributed by atoms with Crippen molar-refractivity contribution in [3.63, 3.8) is 0 Å². The Bertz CT molecular complexity index is 823. The van der Waals surface area contributed by atoms with Crippen LogP contribution < -0.4 is 0 Å². The molecule has 102 valence electrons. The fraction of sp³-hybridized carbons (Fsp3) is 0.133. The number of halogens is 2. The first-order chi connectivity index (χ1) is 9.58. The summed E-state index contributed by atoms with van der Waals surface area (Å²) < 4.78 is 16.8. The summed E-state index contributed by atoms with van der Waals surface area (Å²) in [6.07, 6.45) is 0. The quantitative estimate of drug-likeness (QED) is 0.629. The standard InChI is InChI=1S/C15H12BrFN2S/c1-9(10-5-3-2-4-6-10)19-14-8-12(17)11(16)7-13(14)18-15(19)20/h2-9H,1H3,(H,18,20). The summed E-state index contributed by atoms with van der Waals surface area (Å²) in [5.74, 6) is -0.291. The molecular formula is C15H12BrFN2S. The van der Waals surface area contributed by atoms with Gasteiger partial charge in [0.2, 0.25) is 0 Å². The molecule has 0 spiro atoms. The summed E-state index contributed by atoms with van der Waals surface area (Å²) in [4.78, 5) is 3.13. The Kier molecular flexibility index (Phi) is 3.48. The molecule has 1 aromatic heterocycles. The number of hydrogen-bond acceptors (Lipinski definition) is 1. The molecule has 0 aliphatic rings. The molecule has 1 N–H and O–H groups in total. The molecule has 2 nitrogen and oxygen atoms in total. The van der Waals surface area contributed by atoms with Gasteiger partial charge in [0.1, 0.15) is 5.82 Å². The minimum Gasteiger partial charge on any atom is -0.331 e. The van der Waals surface area contributed by atoms with Gasteiger partial charge in [0.15, 0.2) is 4.77 Å². The number of rotatable bonds is 2. The van der Waals surface area contributed by atoms with Crippen molar-refractivity contribution in [1.29, 1.82) is 0 Å². The lowest BCUT2D eigenvalue weighted by Crippen LogP contribution is -2.06. The van der Waals surface area contributed by atoms with E-state index in [-0.39, 0.29) is 11.9 Å². The smallest absolute Gasteiger partial charge is 0.178 e. The van der Waals surface area contributed by atoms with Crippen molar-refractivity contribution in [2.45, 2.75) is 13.0 Å². The Morgan fingerprint density at radius 3 is 2.65 bits per heavy atom. The van der Waals surface area contributed by atoms with Crippen LogP contribution >= 0.6 is 28.1 Å². The second-order valence-electron chi connectivity index (χ2n) is 4.67. The summed E-state index contributed by atoms with van der Waals surface area (Å²) in [5, 5.41) is 0. The molecule has 0 amide bonds. The summed E-state index contributed by atoms with van der Waals surface area (Å²) in [6.45, 7) is 2.05. The normalized spacial score (nSPS) is 12.8. The van der Waals surface area contributed by atoms with Crippen LogP contribution in [0.2, 0.25) is 0 Å². The zero-order valence-corrected chi connectivity index (χ0v) is 13.1. The van der Waals surface area contributed by atoms with Gasteiger partial charge in [0.05, 0.1) is 21.5 Å². The molecule has 1 atom stereocenters. The Hall–Kier alpha value is -1.46. The molecule has 1 heterocycles. The van der Waals surface area contributed by atoms with Crippen LogP contribution in [0, 0.1) is 10.6 Å². The average Bonchev–Trinajstić information content (AvgIpc) is 2.75. The van der Waals surface area contributed by atoms with Crippen LogP contribution in [0.3, 0.4) is 0 Å². The third-order valence-corrected chi connectivity index (χ3v) is 4.33. The first-order valence-corrected chi connectivity index (χ1v) is 7.42. The number of aromatic amines is 1. The lowest BCUT2D eigenvalue weighted by Gasteiger charge is -2.15. The molecule has 0 bridgehead atoms. The molecule has 0 saturated heterocycles. The number of nitrogens with zero attached hydrogens (tertiary/aromatic N) is 1. The van der Waals surface area contributed by atoms with Gasteiger partial charge in [-0.3, -0.25) is 0 Å².